The highest BCUT2D eigenvalue weighted by molar-refractivity contribution is 6.20. The summed E-state index contributed by atoms with van der Waals surface area (Å²) in [7, 11) is 1.18. The summed E-state index contributed by atoms with van der Waals surface area (Å²) in [5, 5.41) is 0. The van der Waals surface area contributed by atoms with Crippen LogP contribution in [0.15, 0.2) is 24.3 Å². The standard InChI is InChI=1S/C14H13NO6/c1-20-13(18)8-21-14(19)9-3-2-4-10(7-9)15-11(16)5-6-12(15)17/h2-4,7H,5-6,8H2,1H3. The van der Waals surface area contributed by atoms with Gasteiger partial charge in [0.1, 0.15) is 0 Å². The first-order chi connectivity index (χ1) is 10.0. The van der Waals surface area contributed by atoms with Gasteiger partial charge in [-0.3, -0.25) is 14.5 Å². The second-order valence-electron chi connectivity index (χ2n) is 4.33. The highest BCUT2D eigenvalue weighted by atomic mass is 16.6. The van der Waals surface area contributed by atoms with E-state index in [2.05, 4.69) is 4.74 Å². The molecule has 0 spiro atoms. The minimum Gasteiger partial charge on any atom is -0.466 e. The van der Waals surface area contributed by atoms with Crippen LogP contribution in [0.5, 0.6) is 0 Å². The Bertz CT molecular complexity index is 593. The van der Waals surface area contributed by atoms with E-state index in [1.54, 1.807) is 6.07 Å². The van der Waals surface area contributed by atoms with E-state index in [4.69, 9.17) is 4.74 Å². The normalized spacial score (nSPS) is 14.2. The SMILES string of the molecule is COC(=O)COC(=O)c1cccc(N2C(=O)CCC2=O)c1. The first-order valence-corrected chi connectivity index (χ1v) is 6.22. The van der Waals surface area contributed by atoms with Crippen LogP contribution in [0, 0.1) is 0 Å². The number of nitrogens with zero attached hydrogens (tertiary/aromatic N) is 1. The Morgan fingerprint density at radius 2 is 1.86 bits per heavy atom. The Balaban J connectivity index is 2.14. The second kappa shape index (κ2) is 6.17. The minimum absolute atomic E-state index is 0.143. The number of anilines is 1. The molecule has 2 rings (SSSR count). The molecule has 21 heavy (non-hydrogen) atoms. The average Bonchev–Trinajstić information content (AvgIpc) is 2.83. The predicted octanol–water partition coefficient (Wildman–Crippen LogP) is 0.670. The number of methoxy groups -OCH3 is 1. The monoisotopic (exact) mass is 291 g/mol. The second-order valence-corrected chi connectivity index (χ2v) is 4.33. The molecule has 7 heteroatoms. The molecule has 1 saturated heterocycles. The van der Waals surface area contributed by atoms with E-state index in [-0.39, 0.29) is 30.2 Å². The third kappa shape index (κ3) is 3.25. The van der Waals surface area contributed by atoms with Crippen LogP contribution in [0.1, 0.15) is 23.2 Å². The van der Waals surface area contributed by atoms with E-state index in [9.17, 15) is 19.2 Å². The molecule has 2 amide bonds. The van der Waals surface area contributed by atoms with E-state index >= 15 is 0 Å². The molecule has 1 aliphatic heterocycles. The topological polar surface area (TPSA) is 90.0 Å². The van der Waals surface area contributed by atoms with Crippen LogP contribution in [-0.4, -0.2) is 37.5 Å². The lowest BCUT2D eigenvalue weighted by molar-refractivity contribution is -0.144. The average molecular weight is 291 g/mol. The Kier molecular flexibility index (Phi) is 4.32. The molecular formula is C14H13NO6. The molecular weight excluding hydrogens is 278 g/mol. The molecule has 1 heterocycles. The summed E-state index contributed by atoms with van der Waals surface area (Å²) in [5.74, 6) is -2.02. The zero-order valence-corrected chi connectivity index (χ0v) is 11.3. The van der Waals surface area contributed by atoms with Crippen LogP contribution < -0.4 is 4.90 Å². The lowest BCUT2D eigenvalue weighted by Crippen LogP contribution is -2.28. The number of imide groups is 1. The van der Waals surface area contributed by atoms with Gasteiger partial charge in [0.25, 0.3) is 0 Å². The van der Waals surface area contributed by atoms with E-state index < -0.39 is 18.5 Å². The molecule has 0 unspecified atom stereocenters. The molecule has 0 aliphatic carbocycles. The van der Waals surface area contributed by atoms with Gasteiger partial charge in [0.15, 0.2) is 6.61 Å². The van der Waals surface area contributed by atoms with Crippen molar-refractivity contribution in [2.24, 2.45) is 0 Å². The summed E-state index contributed by atoms with van der Waals surface area (Å²) >= 11 is 0. The summed E-state index contributed by atoms with van der Waals surface area (Å²) in [5.41, 5.74) is 0.457. The Morgan fingerprint density at radius 3 is 2.48 bits per heavy atom. The van der Waals surface area contributed by atoms with E-state index in [1.165, 1.54) is 25.3 Å². The van der Waals surface area contributed by atoms with Gasteiger partial charge in [-0.2, -0.15) is 0 Å². The molecule has 1 aromatic carbocycles. The minimum atomic E-state index is -0.735. The fraction of sp³-hybridized carbons (Fsp3) is 0.286. The lowest BCUT2D eigenvalue weighted by Gasteiger charge is -2.14. The molecule has 1 aromatic rings. The van der Waals surface area contributed by atoms with Gasteiger partial charge in [-0.25, -0.2) is 9.59 Å². The van der Waals surface area contributed by atoms with Crippen molar-refractivity contribution in [3.63, 3.8) is 0 Å². The first-order valence-electron chi connectivity index (χ1n) is 6.22. The number of hydrogen-bond donors (Lipinski definition) is 0. The molecule has 1 fully saturated rings. The van der Waals surface area contributed by atoms with Gasteiger partial charge in [-0.1, -0.05) is 6.07 Å². The van der Waals surface area contributed by atoms with E-state index in [0.29, 0.717) is 5.69 Å². The lowest BCUT2D eigenvalue weighted by atomic mass is 10.2. The molecule has 0 atom stereocenters. The molecule has 0 aromatic heterocycles. The number of hydrogen-bond acceptors (Lipinski definition) is 6. The van der Waals surface area contributed by atoms with Crippen LogP contribution >= 0.6 is 0 Å². The van der Waals surface area contributed by atoms with Gasteiger partial charge in [0, 0.05) is 12.8 Å². The number of ether oxygens (including phenoxy) is 2. The maximum absolute atomic E-state index is 11.8. The van der Waals surface area contributed by atoms with Crippen molar-refractivity contribution < 1.29 is 28.7 Å². The number of esters is 2. The Morgan fingerprint density at radius 1 is 1.19 bits per heavy atom. The van der Waals surface area contributed by atoms with Crippen molar-refractivity contribution in [2.75, 3.05) is 18.6 Å². The van der Waals surface area contributed by atoms with Crippen LogP contribution in [0.4, 0.5) is 5.69 Å². The molecule has 1 aliphatic rings. The first kappa shape index (κ1) is 14.7. The largest absolute Gasteiger partial charge is 0.466 e. The molecule has 0 saturated carbocycles. The number of rotatable bonds is 4. The molecule has 110 valence electrons. The van der Waals surface area contributed by atoms with Gasteiger partial charge in [-0.05, 0) is 18.2 Å². The smallest absolute Gasteiger partial charge is 0.344 e. The van der Waals surface area contributed by atoms with Crippen molar-refractivity contribution in [1.82, 2.24) is 0 Å². The van der Waals surface area contributed by atoms with Crippen molar-refractivity contribution in [3.8, 4) is 0 Å². The van der Waals surface area contributed by atoms with E-state index in [1.807, 2.05) is 0 Å². The predicted molar refractivity (Wildman–Crippen MR) is 70.5 cm³/mol. The van der Waals surface area contributed by atoms with Gasteiger partial charge < -0.3 is 9.47 Å². The van der Waals surface area contributed by atoms with Crippen molar-refractivity contribution >= 4 is 29.4 Å². The summed E-state index contributed by atoms with van der Waals surface area (Å²) < 4.78 is 9.11. The van der Waals surface area contributed by atoms with Gasteiger partial charge >= 0.3 is 11.9 Å². The fourth-order valence-electron chi connectivity index (χ4n) is 1.90. The number of amides is 2. The van der Waals surface area contributed by atoms with E-state index in [0.717, 1.165) is 4.90 Å². The van der Waals surface area contributed by atoms with Crippen molar-refractivity contribution in [2.45, 2.75) is 12.8 Å². The fourth-order valence-corrected chi connectivity index (χ4v) is 1.90. The number of carbonyl (C=O) groups excluding carboxylic acids is 4. The summed E-state index contributed by atoms with van der Waals surface area (Å²) in [4.78, 5) is 47.0. The number of carbonyl (C=O) groups is 4. The van der Waals surface area contributed by atoms with Crippen LogP contribution in [0.3, 0.4) is 0 Å². The summed E-state index contributed by atoms with van der Waals surface area (Å²) in [6.07, 6.45) is 0.325. The van der Waals surface area contributed by atoms with Gasteiger partial charge in [0.05, 0.1) is 18.4 Å². The molecule has 0 N–H and O–H groups in total. The third-order valence-corrected chi connectivity index (χ3v) is 2.94. The van der Waals surface area contributed by atoms with Gasteiger partial charge in [-0.15, -0.1) is 0 Å². The van der Waals surface area contributed by atoms with Gasteiger partial charge in [0.2, 0.25) is 11.8 Å². The maximum Gasteiger partial charge on any atom is 0.344 e. The van der Waals surface area contributed by atoms with Crippen molar-refractivity contribution in [1.29, 1.82) is 0 Å². The Labute approximate surface area is 120 Å². The summed E-state index contributed by atoms with van der Waals surface area (Å²) in [6.45, 7) is -0.499. The quantitative estimate of drug-likeness (QED) is 0.598. The third-order valence-electron chi connectivity index (χ3n) is 2.94. The Hall–Kier alpha value is -2.70. The van der Waals surface area contributed by atoms with Crippen LogP contribution in [0.2, 0.25) is 0 Å². The van der Waals surface area contributed by atoms with Crippen molar-refractivity contribution in [3.05, 3.63) is 29.8 Å². The molecule has 0 radical (unpaired) electrons. The maximum atomic E-state index is 11.8. The zero-order valence-electron chi connectivity index (χ0n) is 11.3. The van der Waals surface area contributed by atoms with Crippen LogP contribution in [-0.2, 0) is 23.9 Å². The van der Waals surface area contributed by atoms with Crippen LogP contribution in [0.25, 0.3) is 0 Å². The number of benzene rings is 1. The zero-order chi connectivity index (χ0) is 15.4. The highest BCUT2D eigenvalue weighted by Gasteiger charge is 2.30. The summed E-state index contributed by atoms with van der Waals surface area (Å²) in [6, 6.07) is 5.93. The highest BCUT2D eigenvalue weighted by Crippen LogP contribution is 2.23. The molecule has 7 nitrogen and oxygen atoms in total. The molecule has 0 bridgehead atoms.